The monoisotopic (exact) mass is 833 g/mol. The van der Waals surface area contributed by atoms with E-state index in [1.807, 2.05) is 16.9 Å². The van der Waals surface area contributed by atoms with Crippen molar-refractivity contribution < 1.29 is 41.5 Å². The minimum absolute atomic E-state index is 0.00754. The van der Waals surface area contributed by atoms with Crippen molar-refractivity contribution in [2.75, 3.05) is 13.7 Å². The molecule has 4 aromatic rings. The van der Waals surface area contributed by atoms with Crippen LogP contribution < -0.4 is 14.8 Å². The van der Waals surface area contributed by atoms with Gasteiger partial charge in [0.15, 0.2) is 0 Å². The van der Waals surface area contributed by atoms with Crippen LogP contribution in [-0.2, 0) is 33.9 Å². The van der Waals surface area contributed by atoms with Crippen LogP contribution >= 0.6 is 11.3 Å². The number of nitrogens with one attached hydrogen (secondary N) is 2. The number of esters is 1. The first kappa shape index (κ1) is 40.7. The van der Waals surface area contributed by atoms with E-state index in [9.17, 15) is 32.0 Å². The zero-order valence-electron chi connectivity index (χ0n) is 32.4. The highest BCUT2D eigenvalue weighted by Crippen LogP contribution is 2.46. The molecule has 3 heterocycles. The lowest BCUT2D eigenvalue weighted by molar-refractivity contribution is -0.169. The number of thiazole rings is 1. The molecule has 7 rings (SSSR count). The quantitative estimate of drug-likeness (QED) is 0.108. The van der Waals surface area contributed by atoms with E-state index < -0.39 is 79.3 Å². The lowest BCUT2D eigenvalue weighted by Crippen LogP contribution is -2.57. The third-order valence-corrected chi connectivity index (χ3v) is 13.1. The number of likely N-dealkylation sites (tertiary alicyclic amines) is 1. The summed E-state index contributed by atoms with van der Waals surface area (Å²) in [6, 6.07) is 9.85. The van der Waals surface area contributed by atoms with Crippen LogP contribution in [-0.4, -0.2) is 88.3 Å². The number of nitrogens with zero attached hydrogens (tertiary/aromatic N) is 5. The highest BCUT2D eigenvalue weighted by molar-refractivity contribution is 7.90. The minimum Gasteiger partial charge on any atom is -0.497 e. The van der Waals surface area contributed by atoms with Crippen LogP contribution in [0.25, 0.3) is 22.0 Å². The summed E-state index contributed by atoms with van der Waals surface area (Å²) in [6.07, 6.45) is 5.00. The molecule has 3 fully saturated rings. The number of hydrogen-bond acceptors (Lipinski definition) is 12. The van der Waals surface area contributed by atoms with Crippen LogP contribution in [0.15, 0.2) is 77.7 Å². The number of methoxy groups -OCH3 is 1. The Bertz CT molecular complexity index is 2340. The molecule has 2 N–H and O–H groups in total. The molecule has 2 aromatic carbocycles. The van der Waals surface area contributed by atoms with Gasteiger partial charge in [-0.15, -0.1) is 23.0 Å². The zero-order chi connectivity index (χ0) is 41.6. The van der Waals surface area contributed by atoms with Crippen LogP contribution in [0.3, 0.4) is 0 Å². The molecule has 5 atom stereocenters. The van der Waals surface area contributed by atoms with Crippen molar-refractivity contribution in [3.05, 3.63) is 78.6 Å². The Morgan fingerprint density at radius 3 is 2.36 bits per heavy atom. The van der Waals surface area contributed by atoms with Gasteiger partial charge in [-0.05, 0) is 67.5 Å². The van der Waals surface area contributed by atoms with Gasteiger partial charge in [0, 0.05) is 36.0 Å². The molecule has 0 unspecified atom stereocenters. The Hall–Kier alpha value is -5.49. The first-order valence-electron chi connectivity index (χ1n) is 18.8. The predicted octanol–water partition coefficient (Wildman–Crippen LogP) is 4.68. The average Bonchev–Trinajstić information content (AvgIpc) is 3.61. The van der Waals surface area contributed by atoms with Gasteiger partial charge in [-0.3, -0.25) is 19.2 Å². The molecule has 3 amide bonds. The smallest absolute Gasteiger partial charge is 0.319 e. The zero-order valence-corrected chi connectivity index (χ0v) is 34.0. The highest BCUT2D eigenvalue weighted by Gasteiger charge is 2.62. The van der Waals surface area contributed by atoms with E-state index >= 15 is 0 Å². The molecule has 0 bridgehead atoms. The molecule has 18 heteroatoms. The second kappa shape index (κ2) is 15.7. The van der Waals surface area contributed by atoms with Crippen molar-refractivity contribution in [3.8, 4) is 27.7 Å². The molecule has 1 aliphatic heterocycles. The molecular formula is C40H44FN7O8S2. The van der Waals surface area contributed by atoms with Gasteiger partial charge in [0.2, 0.25) is 11.8 Å². The summed E-state index contributed by atoms with van der Waals surface area (Å²) in [5.74, 6) is -5.62. The maximum atomic E-state index is 14.7. The van der Waals surface area contributed by atoms with E-state index in [4.69, 9.17) is 19.7 Å². The molecule has 3 aliphatic rings. The topological polar surface area (TPSA) is 192 Å². The van der Waals surface area contributed by atoms with Gasteiger partial charge in [-0.1, -0.05) is 39.0 Å². The Morgan fingerprint density at radius 2 is 1.78 bits per heavy atom. The maximum Gasteiger partial charge on any atom is 0.319 e. The lowest BCUT2D eigenvalue weighted by Gasteiger charge is -2.35. The second-order valence-electron chi connectivity index (χ2n) is 15.8. The number of amides is 3. The molecular weight excluding hydrogens is 790 g/mol. The predicted molar refractivity (Wildman–Crippen MR) is 210 cm³/mol. The summed E-state index contributed by atoms with van der Waals surface area (Å²) in [7, 11) is -3.13. The van der Waals surface area contributed by atoms with Gasteiger partial charge in [0.1, 0.15) is 56.5 Å². The normalized spacial score (nSPS) is 22.4. The van der Waals surface area contributed by atoms with Gasteiger partial charge in [0.05, 0.1) is 13.2 Å². The van der Waals surface area contributed by atoms with Crippen molar-refractivity contribution in [1.82, 2.24) is 34.9 Å². The molecule has 2 aromatic heterocycles. The number of benzene rings is 2. The van der Waals surface area contributed by atoms with E-state index in [0.717, 1.165) is 18.6 Å². The minimum atomic E-state index is -4.69. The van der Waals surface area contributed by atoms with Crippen LogP contribution in [0.5, 0.6) is 5.75 Å². The summed E-state index contributed by atoms with van der Waals surface area (Å²) in [5, 5.41) is 14.8. The Morgan fingerprint density at radius 1 is 1.07 bits per heavy atom. The fourth-order valence-corrected chi connectivity index (χ4v) is 9.11. The Labute approximate surface area is 339 Å². The largest absolute Gasteiger partial charge is 0.497 e. The summed E-state index contributed by atoms with van der Waals surface area (Å²) < 4.78 is 53.9. The van der Waals surface area contributed by atoms with Crippen molar-refractivity contribution in [2.24, 2.45) is 17.3 Å². The third-order valence-electron chi connectivity index (χ3n) is 10.9. The van der Waals surface area contributed by atoms with E-state index in [1.54, 1.807) is 51.6 Å². The number of hydrogen-bond donors (Lipinski definition) is 2. The number of carbonyl (C=O) groups is 4. The van der Waals surface area contributed by atoms with Crippen molar-refractivity contribution in [3.63, 3.8) is 0 Å². The molecule has 2 aliphatic carbocycles. The number of halogens is 1. The molecule has 0 spiro atoms. The molecule has 15 nitrogen and oxygen atoms in total. The Kier molecular flexibility index (Phi) is 11.0. The van der Waals surface area contributed by atoms with Gasteiger partial charge >= 0.3 is 5.97 Å². The van der Waals surface area contributed by atoms with E-state index in [2.05, 4.69) is 16.9 Å². The highest BCUT2D eigenvalue weighted by atomic mass is 32.2. The number of sulfonamides is 1. The van der Waals surface area contributed by atoms with Gasteiger partial charge in [-0.2, -0.15) is 9.90 Å². The third kappa shape index (κ3) is 7.86. The van der Waals surface area contributed by atoms with Crippen molar-refractivity contribution in [1.29, 1.82) is 0 Å². The second-order valence-corrected chi connectivity index (χ2v) is 18.4. The van der Waals surface area contributed by atoms with Gasteiger partial charge in [-0.25, -0.2) is 22.5 Å². The molecule has 2 saturated carbocycles. The SMILES string of the molecule is C=C[C@@H]1C[C@@]1(NC(=O)[C@@H]1C[C@@H](n2nc(-c3ccc(OC)cc3)c(-c3nccs3)n2)CN1C(=O)[C@H](C(=O)OC1CCC1)C(C)(C)C)C(=O)NS(=O)(=O)c1ccccc1F. The van der Waals surface area contributed by atoms with Crippen LogP contribution in [0.4, 0.5) is 4.39 Å². The lowest BCUT2D eigenvalue weighted by atomic mass is 9.79. The van der Waals surface area contributed by atoms with Crippen molar-refractivity contribution in [2.45, 2.75) is 81.5 Å². The fourth-order valence-electron chi connectivity index (χ4n) is 7.37. The first-order valence-corrected chi connectivity index (χ1v) is 21.2. The Balaban J connectivity index is 1.23. The van der Waals surface area contributed by atoms with Gasteiger partial charge in [0.25, 0.3) is 15.9 Å². The molecule has 0 radical (unpaired) electrons. The van der Waals surface area contributed by atoms with E-state index in [0.29, 0.717) is 40.6 Å². The fraction of sp³-hybridized carbons (Fsp3) is 0.425. The first-order chi connectivity index (χ1) is 27.6. The molecule has 306 valence electrons. The number of rotatable bonds is 13. The summed E-state index contributed by atoms with van der Waals surface area (Å²) in [5.41, 5.74) is -1.02. The van der Waals surface area contributed by atoms with Gasteiger partial charge < -0.3 is 19.7 Å². The van der Waals surface area contributed by atoms with Crippen LogP contribution in [0.2, 0.25) is 0 Å². The maximum absolute atomic E-state index is 14.7. The van der Waals surface area contributed by atoms with E-state index in [-0.39, 0.29) is 25.5 Å². The molecule has 1 saturated heterocycles. The summed E-state index contributed by atoms with van der Waals surface area (Å²) in [4.78, 5) is 63.2. The average molecular weight is 834 g/mol. The van der Waals surface area contributed by atoms with Crippen LogP contribution in [0.1, 0.15) is 58.9 Å². The van der Waals surface area contributed by atoms with Crippen LogP contribution in [0, 0.1) is 23.1 Å². The van der Waals surface area contributed by atoms with Crippen molar-refractivity contribution >= 4 is 45.1 Å². The number of aromatic nitrogens is 4. The number of ether oxygens (including phenoxy) is 2. The molecule has 58 heavy (non-hydrogen) atoms. The van der Waals surface area contributed by atoms with E-state index in [1.165, 1.54) is 39.2 Å². The summed E-state index contributed by atoms with van der Waals surface area (Å²) >= 11 is 1.36. The number of carbonyl (C=O) groups excluding carboxylic acids is 4. The standard InChI is InChI=1S/C40H44FN7O8S2/c1-6-24-21-40(24,38(52)46-58(53,54)30-13-8-7-12-28(30)41)43-34(49)29-20-25(22-47(29)36(50)31(39(2,3)4)37(51)56-27-10-9-11-27)48-44-32(23-14-16-26(55-5)17-15-23)33(45-48)35-42-18-19-57-35/h6-8,12-19,24-25,27,29,31H,1,9-11,20-22H2,2-5H3,(H,43,49)(H,46,52)/t24-,25-,29+,31-,40+/m1/s1. The summed E-state index contributed by atoms with van der Waals surface area (Å²) in [6.45, 7) is 8.88.